The number of piperazine rings is 1. The Kier molecular flexibility index (Phi) is 4.54. The van der Waals surface area contributed by atoms with Gasteiger partial charge in [0, 0.05) is 32.7 Å². The van der Waals surface area contributed by atoms with Gasteiger partial charge in [0.15, 0.2) is 9.84 Å². The molecule has 0 spiro atoms. The van der Waals surface area contributed by atoms with Crippen molar-refractivity contribution in [1.29, 1.82) is 0 Å². The molecular formula is C16H24N2O3S. The van der Waals surface area contributed by atoms with Gasteiger partial charge in [-0.05, 0) is 12.5 Å². The Morgan fingerprint density at radius 1 is 1.18 bits per heavy atom. The van der Waals surface area contributed by atoms with Crippen molar-refractivity contribution < 1.29 is 13.5 Å². The summed E-state index contributed by atoms with van der Waals surface area (Å²) in [6.07, 6.45) is -0.728. The van der Waals surface area contributed by atoms with Crippen LogP contribution in [0.4, 0.5) is 0 Å². The summed E-state index contributed by atoms with van der Waals surface area (Å²) in [4.78, 5) is 4.53. The zero-order valence-electron chi connectivity index (χ0n) is 13.0. The Labute approximate surface area is 132 Å². The van der Waals surface area contributed by atoms with Crippen LogP contribution in [-0.2, 0) is 16.4 Å². The number of benzene rings is 1. The van der Waals surface area contributed by atoms with Gasteiger partial charge in [-0.2, -0.15) is 0 Å². The average Bonchev–Trinajstić information content (AvgIpc) is 2.73. The molecule has 2 fully saturated rings. The highest BCUT2D eigenvalue weighted by molar-refractivity contribution is 7.91. The summed E-state index contributed by atoms with van der Waals surface area (Å²) in [6.45, 7) is 6.50. The van der Waals surface area contributed by atoms with E-state index in [4.69, 9.17) is 0 Å². The quantitative estimate of drug-likeness (QED) is 0.865. The number of nitrogens with zero attached hydrogens (tertiary/aromatic N) is 2. The zero-order chi connectivity index (χ0) is 15.7. The second kappa shape index (κ2) is 6.28. The van der Waals surface area contributed by atoms with Crippen molar-refractivity contribution in [2.75, 3.05) is 37.7 Å². The number of aryl methyl sites for hydroxylation is 1. The van der Waals surface area contributed by atoms with Crippen molar-refractivity contribution in [3.05, 3.63) is 35.4 Å². The van der Waals surface area contributed by atoms with Crippen LogP contribution in [0.5, 0.6) is 0 Å². The highest BCUT2D eigenvalue weighted by Gasteiger charge is 2.40. The van der Waals surface area contributed by atoms with E-state index in [1.54, 1.807) is 0 Å². The fourth-order valence-electron chi connectivity index (χ4n) is 3.48. The van der Waals surface area contributed by atoms with Crippen molar-refractivity contribution in [2.45, 2.75) is 25.6 Å². The van der Waals surface area contributed by atoms with Gasteiger partial charge in [0.1, 0.15) is 0 Å². The van der Waals surface area contributed by atoms with Gasteiger partial charge in [0.05, 0.1) is 23.7 Å². The Morgan fingerprint density at radius 2 is 1.91 bits per heavy atom. The minimum Gasteiger partial charge on any atom is -0.390 e. The van der Waals surface area contributed by atoms with E-state index in [1.807, 2.05) is 0 Å². The zero-order valence-corrected chi connectivity index (χ0v) is 13.8. The molecule has 5 nitrogen and oxygen atoms in total. The molecule has 2 heterocycles. The summed E-state index contributed by atoms with van der Waals surface area (Å²) >= 11 is 0. The van der Waals surface area contributed by atoms with E-state index in [-0.39, 0.29) is 17.5 Å². The summed E-state index contributed by atoms with van der Waals surface area (Å²) in [5, 5.41) is 9.97. The van der Waals surface area contributed by atoms with Gasteiger partial charge in [-0.3, -0.25) is 9.80 Å². The molecule has 3 rings (SSSR count). The molecule has 0 saturated carbocycles. The molecule has 122 valence electrons. The van der Waals surface area contributed by atoms with E-state index < -0.39 is 15.9 Å². The van der Waals surface area contributed by atoms with Gasteiger partial charge in [0.25, 0.3) is 0 Å². The summed E-state index contributed by atoms with van der Waals surface area (Å²) in [5.41, 5.74) is 2.59. The molecule has 2 aliphatic heterocycles. The topological polar surface area (TPSA) is 60.9 Å². The largest absolute Gasteiger partial charge is 0.390 e. The minimum atomic E-state index is -3.07. The van der Waals surface area contributed by atoms with Gasteiger partial charge >= 0.3 is 0 Å². The lowest BCUT2D eigenvalue weighted by Gasteiger charge is -2.38. The number of hydrogen-bond donors (Lipinski definition) is 1. The molecular weight excluding hydrogens is 300 g/mol. The van der Waals surface area contributed by atoms with Crippen molar-refractivity contribution >= 4 is 9.84 Å². The average molecular weight is 324 g/mol. The van der Waals surface area contributed by atoms with Crippen LogP contribution in [-0.4, -0.2) is 73.2 Å². The van der Waals surface area contributed by atoms with Crippen LogP contribution in [0.15, 0.2) is 24.3 Å². The van der Waals surface area contributed by atoms with E-state index >= 15 is 0 Å². The van der Waals surface area contributed by atoms with Crippen molar-refractivity contribution in [3.8, 4) is 0 Å². The van der Waals surface area contributed by atoms with Crippen LogP contribution in [0.3, 0.4) is 0 Å². The van der Waals surface area contributed by atoms with E-state index in [1.165, 1.54) is 11.1 Å². The maximum Gasteiger partial charge on any atom is 0.154 e. The molecule has 1 N–H and O–H groups in total. The summed E-state index contributed by atoms with van der Waals surface area (Å²) in [6, 6.07) is 8.32. The molecule has 0 aliphatic carbocycles. The first-order valence-corrected chi connectivity index (χ1v) is 9.65. The number of sulfone groups is 1. The van der Waals surface area contributed by atoms with Crippen molar-refractivity contribution in [3.63, 3.8) is 0 Å². The van der Waals surface area contributed by atoms with Crippen LogP contribution < -0.4 is 0 Å². The predicted octanol–water partition coefficient (Wildman–Crippen LogP) is 0.271. The van der Waals surface area contributed by atoms with Crippen molar-refractivity contribution in [2.24, 2.45) is 0 Å². The monoisotopic (exact) mass is 324 g/mol. The Balaban J connectivity index is 1.54. The van der Waals surface area contributed by atoms with Crippen LogP contribution in [0.25, 0.3) is 0 Å². The van der Waals surface area contributed by atoms with Gasteiger partial charge < -0.3 is 5.11 Å². The third-order valence-corrected chi connectivity index (χ3v) is 6.36. The molecule has 0 unspecified atom stereocenters. The molecule has 0 amide bonds. The molecule has 6 heteroatoms. The van der Waals surface area contributed by atoms with Crippen LogP contribution in [0, 0.1) is 6.92 Å². The fraction of sp³-hybridized carbons (Fsp3) is 0.625. The van der Waals surface area contributed by atoms with Gasteiger partial charge in [0.2, 0.25) is 0 Å². The van der Waals surface area contributed by atoms with E-state index in [9.17, 15) is 13.5 Å². The second-order valence-corrected chi connectivity index (χ2v) is 8.67. The standard InChI is InChI=1S/C16H24N2O3S/c1-13-3-2-4-14(9-13)10-17-5-7-18(8-6-17)15-11-22(20,21)12-16(15)19/h2-4,9,15-16,19H,5-8,10-12H2,1H3/t15-,16-/m1/s1. The predicted molar refractivity (Wildman–Crippen MR) is 86.5 cm³/mol. The Hall–Kier alpha value is -0.950. The lowest BCUT2D eigenvalue weighted by atomic mass is 10.1. The lowest BCUT2D eigenvalue weighted by molar-refractivity contribution is 0.0424. The fourth-order valence-corrected chi connectivity index (χ4v) is 5.31. The third-order valence-electron chi connectivity index (χ3n) is 4.66. The Morgan fingerprint density at radius 3 is 2.50 bits per heavy atom. The number of aliphatic hydroxyl groups is 1. The normalized spacial score (nSPS) is 29.7. The molecule has 2 saturated heterocycles. The number of aliphatic hydroxyl groups excluding tert-OH is 1. The summed E-state index contributed by atoms with van der Waals surface area (Å²) in [7, 11) is -3.07. The molecule has 1 aromatic rings. The highest BCUT2D eigenvalue weighted by Crippen LogP contribution is 2.20. The maximum atomic E-state index is 11.6. The van der Waals surface area contributed by atoms with Gasteiger partial charge in [-0.1, -0.05) is 29.8 Å². The van der Waals surface area contributed by atoms with E-state index in [2.05, 4.69) is 41.0 Å². The first kappa shape index (κ1) is 15.9. The lowest BCUT2D eigenvalue weighted by Crippen LogP contribution is -2.53. The second-order valence-electron chi connectivity index (χ2n) is 6.51. The van der Waals surface area contributed by atoms with E-state index in [0.29, 0.717) is 0 Å². The highest BCUT2D eigenvalue weighted by atomic mass is 32.2. The van der Waals surface area contributed by atoms with E-state index in [0.717, 1.165) is 32.7 Å². The first-order valence-electron chi connectivity index (χ1n) is 7.83. The minimum absolute atomic E-state index is 0.0822. The van der Waals surface area contributed by atoms with Crippen molar-refractivity contribution in [1.82, 2.24) is 9.80 Å². The molecule has 0 radical (unpaired) electrons. The maximum absolute atomic E-state index is 11.6. The molecule has 1 aromatic carbocycles. The molecule has 2 atom stereocenters. The molecule has 22 heavy (non-hydrogen) atoms. The molecule has 0 aromatic heterocycles. The summed E-state index contributed by atoms with van der Waals surface area (Å²) in [5.74, 6) is 0.0211. The Bertz CT molecular complexity index is 624. The number of rotatable bonds is 3. The molecule has 2 aliphatic rings. The summed E-state index contributed by atoms with van der Waals surface area (Å²) < 4.78 is 23.3. The van der Waals surface area contributed by atoms with Gasteiger partial charge in [-0.25, -0.2) is 8.42 Å². The third kappa shape index (κ3) is 3.68. The van der Waals surface area contributed by atoms with Crippen LogP contribution in [0.1, 0.15) is 11.1 Å². The van der Waals surface area contributed by atoms with Crippen LogP contribution >= 0.6 is 0 Å². The smallest absolute Gasteiger partial charge is 0.154 e. The first-order chi connectivity index (χ1) is 10.4. The van der Waals surface area contributed by atoms with Crippen LogP contribution in [0.2, 0.25) is 0 Å². The number of hydrogen-bond acceptors (Lipinski definition) is 5. The van der Waals surface area contributed by atoms with Gasteiger partial charge in [-0.15, -0.1) is 0 Å². The SMILES string of the molecule is Cc1cccc(CN2CCN([C@@H]3CS(=O)(=O)C[C@H]3O)CC2)c1. The molecule has 0 bridgehead atoms.